The van der Waals surface area contributed by atoms with Gasteiger partial charge in [0.1, 0.15) is 24.2 Å². The van der Waals surface area contributed by atoms with Gasteiger partial charge in [-0.25, -0.2) is 9.37 Å². The molecule has 0 spiro atoms. The summed E-state index contributed by atoms with van der Waals surface area (Å²) in [6.45, 7) is 3.15. The van der Waals surface area contributed by atoms with Gasteiger partial charge < -0.3 is 15.8 Å². The zero-order valence-electron chi connectivity index (χ0n) is 12.9. The molecule has 1 aromatic carbocycles. The fourth-order valence-electron chi connectivity index (χ4n) is 2.03. The smallest absolute Gasteiger partial charge is 0.255 e. The molecule has 0 aliphatic rings. The van der Waals surface area contributed by atoms with Crippen molar-refractivity contribution in [3.63, 3.8) is 0 Å². The monoisotopic (exact) mass is 321 g/mol. The van der Waals surface area contributed by atoms with Crippen LogP contribution in [0, 0.1) is 5.82 Å². The van der Waals surface area contributed by atoms with Crippen LogP contribution in [0.5, 0.6) is 5.75 Å². The Bertz CT molecular complexity index is 633. The van der Waals surface area contributed by atoms with Gasteiger partial charge in [-0.1, -0.05) is 0 Å². The van der Waals surface area contributed by atoms with Crippen molar-refractivity contribution in [1.29, 1.82) is 0 Å². The van der Waals surface area contributed by atoms with Crippen LogP contribution in [0.25, 0.3) is 0 Å². The predicted molar refractivity (Wildman–Crippen MR) is 82.5 cm³/mol. The van der Waals surface area contributed by atoms with Gasteiger partial charge in [0.15, 0.2) is 0 Å². The summed E-state index contributed by atoms with van der Waals surface area (Å²) in [6.07, 6.45) is 3.64. The highest BCUT2D eigenvalue weighted by atomic mass is 19.1. The zero-order valence-corrected chi connectivity index (χ0v) is 12.9. The first-order valence-corrected chi connectivity index (χ1v) is 7.36. The van der Waals surface area contributed by atoms with Gasteiger partial charge in [-0.2, -0.15) is 5.10 Å². The summed E-state index contributed by atoms with van der Waals surface area (Å²) in [5, 5.41) is 6.77. The second-order valence-electron chi connectivity index (χ2n) is 5.12. The first-order chi connectivity index (χ1) is 11.1. The zero-order chi connectivity index (χ0) is 16.7. The molecular formula is C15H20FN5O2. The molecule has 2 rings (SSSR count). The third kappa shape index (κ3) is 5.03. The molecule has 3 N–H and O–H groups in total. The second-order valence-corrected chi connectivity index (χ2v) is 5.12. The lowest BCUT2D eigenvalue weighted by atomic mass is 10.1. The number of benzene rings is 1. The first-order valence-electron chi connectivity index (χ1n) is 7.36. The number of carbonyl (C=O) groups excluding carboxylic acids is 1. The molecule has 0 aliphatic heterocycles. The third-order valence-electron chi connectivity index (χ3n) is 3.10. The number of halogens is 1. The first kappa shape index (κ1) is 16.9. The minimum Gasteiger partial charge on any atom is -0.493 e. The lowest BCUT2D eigenvalue weighted by Crippen LogP contribution is -2.36. The highest BCUT2D eigenvalue weighted by Gasteiger charge is 2.16. The summed E-state index contributed by atoms with van der Waals surface area (Å²) in [6, 6.07) is 3.66. The van der Waals surface area contributed by atoms with E-state index in [2.05, 4.69) is 15.4 Å². The topological polar surface area (TPSA) is 95.1 Å². The van der Waals surface area contributed by atoms with E-state index in [0.717, 1.165) is 6.07 Å². The molecule has 0 saturated carbocycles. The fraction of sp³-hybridized carbons (Fsp3) is 0.400. The number of amides is 1. The van der Waals surface area contributed by atoms with Gasteiger partial charge in [0.2, 0.25) is 0 Å². The Labute approximate surface area is 133 Å². The Morgan fingerprint density at radius 2 is 2.35 bits per heavy atom. The maximum atomic E-state index is 13.5. The molecule has 1 aromatic heterocycles. The minimum absolute atomic E-state index is 0.160. The molecule has 0 aliphatic carbocycles. The van der Waals surface area contributed by atoms with Gasteiger partial charge in [-0.05, 0) is 38.1 Å². The van der Waals surface area contributed by atoms with E-state index in [1.807, 2.05) is 6.92 Å². The number of rotatable bonds is 8. The summed E-state index contributed by atoms with van der Waals surface area (Å²) in [5.74, 6) is -0.560. The number of hydrogen-bond donors (Lipinski definition) is 2. The van der Waals surface area contributed by atoms with E-state index in [-0.39, 0.29) is 11.6 Å². The predicted octanol–water partition coefficient (Wildman–Crippen LogP) is 0.963. The second kappa shape index (κ2) is 8.23. The number of carbonyl (C=O) groups is 1. The summed E-state index contributed by atoms with van der Waals surface area (Å²) >= 11 is 0. The normalized spacial score (nSPS) is 12.0. The van der Waals surface area contributed by atoms with Crippen LogP contribution in [0.2, 0.25) is 0 Å². The van der Waals surface area contributed by atoms with Crippen LogP contribution in [0.15, 0.2) is 30.9 Å². The van der Waals surface area contributed by atoms with Crippen LogP contribution in [0.1, 0.15) is 23.7 Å². The SMILES string of the molecule is C[C@@H](Cn1cncn1)NC(=O)c1cc(F)ccc1OCCCN. The van der Waals surface area contributed by atoms with Crippen LogP contribution in [0.4, 0.5) is 4.39 Å². The molecule has 1 atom stereocenters. The Morgan fingerprint density at radius 1 is 1.52 bits per heavy atom. The number of nitrogens with two attached hydrogens (primary N) is 1. The van der Waals surface area contributed by atoms with Crippen LogP contribution in [0.3, 0.4) is 0 Å². The van der Waals surface area contributed by atoms with E-state index in [4.69, 9.17) is 10.5 Å². The van der Waals surface area contributed by atoms with Crippen molar-refractivity contribution >= 4 is 5.91 Å². The van der Waals surface area contributed by atoms with Crippen LogP contribution < -0.4 is 15.8 Å². The molecule has 23 heavy (non-hydrogen) atoms. The molecule has 2 aromatic rings. The van der Waals surface area contributed by atoms with Crippen LogP contribution in [-0.4, -0.2) is 39.9 Å². The Hall–Kier alpha value is -2.48. The molecule has 8 heteroatoms. The van der Waals surface area contributed by atoms with Gasteiger partial charge in [0.05, 0.1) is 18.7 Å². The van der Waals surface area contributed by atoms with E-state index in [9.17, 15) is 9.18 Å². The Morgan fingerprint density at radius 3 is 3.04 bits per heavy atom. The van der Waals surface area contributed by atoms with Crippen molar-refractivity contribution in [1.82, 2.24) is 20.1 Å². The van der Waals surface area contributed by atoms with Crippen molar-refractivity contribution in [2.45, 2.75) is 25.9 Å². The molecule has 0 bridgehead atoms. The summed E-state index contributed by atoms with van der Waals surface area (Å²) in [5.41, 5.74) is 5.57. The molecular weight excluding hydrogens is 301 g/mol. The van der Waals surface area contributed by atoms with Gasteiger partial charge >= 0.3 is 0 Å². The molecule has 1 heterocycles. The van der Waals surface area contributed by atoms with Crippen LogP contribution in [-0.2, 0) is 6.54 Å². The Kier molecular flexibility index (Phi) is 6.04. The number of hydrogen-bond acceptors (Lipinski definition) is 5. The average Bonchev–Trinajstić information content (AvgIpc) is 3.01. The van der Waals surface area contributed by atoms with Gasteiger partial charge in [-0.15, -0.1) is 0 Å². The highest BCUT2D eigenvalue weighted by Crippen LogP contribution is 2.20. The lowest BCUT2D eigenvalue weighted by Gasteiger charge is -2.16. The van der Waals surface area contributed by atoms with E-state index >= 15 is 0 Å². The molecule has 0 saturated heterocycles. The summed E-state index contributed by atoms with van der Waals surface area (Å²) < 4.78 is 20.6. The van der Waals surface area contributed by atoms with Gasteiger partial charge in [-0.3, -0.25) is 9.48 Å². The number of nitrogens with one attached hydrogen (secondary N) is 1. The van der Waals surface area contributed by atoms with Crippen LogP contribution >= 0.6 is 0 Å². The molecule has 0 unspecified atom stereocenters. The summed E-state index contributed by atoms with van der Waals surface area (Å²) in [4.78, 5) is 16.2. The highest BCUT2D eigenvalue weighted by molar-refractivity contribution is 5.97. The Balaban J connectivity index is 2.03. The average molecular weight is 321 g/mol. The molecule has 0 fully saturated rings. The molecule has 0 radical (unpaired) electrons. The van der Waals surface area contributed by atoms with Crippen molar-refractivity contribution in [2.24, 2.45) is 5.73 Å². The minimum atomic E-state index is -0.495. The maximum absolute atomic E-state index is 13.5. The van der Waals surface area contributed by atoms with E-state index in [0.29, 0.717) is 31.9 Å². The molecule has 1 amide bonds. The standard InChI is InChI=1S/C15H20FN5O2/c1-11(8-21-10-18-9-19-21)20-15(22)13-7-12(16)3-4-14(13)23-6-2-5-17/h3-4,7,9-11H,2,5-6,8,17H2,1H3,(H,20,22)/t11-/m0/s1. The van der Waals surface area contributed by atoms with Crippen molar-refractivity contribution in [3.8, 4) is 5.75 Å². The van der Waals surface area contributed by atoms with Crippen molar-refractivity contribution < 1.29 is 13.9 Å². The van der Waals surface area contributed by atoms with E-state index in [1.54, 1.807) is 11.0 Å². The lowest BCUT2D eigenvalue weighted by molar-refractivity contribution is 0.0931. The maximum Gasteiger partial charge on any atom is 0.255 e. The largest absolute Gasteiger partial charge is 0.493 e. The quantitative estimate of drug-likeness (QED) is 0.706. The number of ether oxygens (including phenoxy) is 1. The fourth-order valence-corrected chi connectivity index (χ4v) is 2.03. The van der Waals surface area contributed by atoms with Crippen molar-refractivity contribution in [2.75, 3.05) is 13.2 Å². The number of aromatic nitrogens is 3. The van der Waals surface area contributed by atoms with E-state index < -0.39 is 11.7 Å². The van der Waals surface area contributed by atoms with Gasteiger partial charge in [0.25, 0.3) is 5.91 Å². The van der Waals surface area contributed by atoms with E-state index in [1.165, 1.54) is 18.5 Å². The molecule has 124 valence electrons. The summed E-state index contributed by atoms with van der Waals surface area (Å²) in [7, 11) is 0. The molecule has 7 nitrogen and oxygen atoms in total. The van der Waals surface area contributed by atoms with Crippen molar-refractivity contribution in [3.05, 3.63) is 42.2 Å². The number of nitrogens with zero attached hydrogens (tertiary/aromatic N) is 3. The third-order valence-corrected chi connectivity index (χ3v) is 3.10. The van der Waals surface area contributed by atoms with Gasteiger partial charge in [0, 0.05) is 6.04 Å².